The summed E-state index contributed by atoms with van der Waals surface area (Å²) < 4.78 is 43.7. The predicted molar refractivity (Wildman–Crippen MR) is 67.1 cm³/mol. The Morgan fingerprint density at radius 1 is 1.25 bits per heavy atom. The highest BCUT2D eigenvalue weighted by molar-refractivity contribution is 5.83. The van der Waals surface area contributed by atoms with Gasteiger partial charge < -0.3 is 10.5 Å². The third-order valence-corrected chi connectivity index (χ3v) is 3.39. The Labute approximate surface area is 112 Å². The quantitative estimate of drug-likeness (QED) is 0.874. The zero-order valence-corrected chi connectivity index (χ0v) is 10.4. The molecule has 106 valence electrons. The summed E-state index contributed by atoms with van der Waals surface area (Å²) in [6.45, 7) is 1.02. The van der Waals surface area contributed by atoms with Crippen LogP contribution in [-0.2, 0) is 10.9 Å². The third-order valence-electron chi connectivity index (χ3n) is 3.39. The Kier molecular flexibility index (Phi) is 3.01. The summed E-state index contributed by atoms with van der Waals surface area (Å²) in [6.07, 6.45) is -3.67. The lowest BCUT2D eigenvalue weighted by Gasteiger charge is -2.13. The molecule has 0 saturated carbocycles. The number of anilines is 1. The van der Waals surface area contributed by atoms with Gasteiger partial charge >= 0.3 is 6.18 Å². The molecule has 1 aliphatic rings. The number of benzene rings is 1. The summed E-state index contributed by atoms with van der Waals surface area (Å²) in [6, 6.07) is 3.42. The molecule has 0 aliphatic carbocycles. The molecule has 1 atom stereocenters. The van der Waals surface area contributed by atoms with E-state index >= 15 is 0 Å². The number of alkyl halides is 3. The van der Waals surface area contributed by atoms with Gasteiger partial charge in [-0.3, -0.25) is 0 Å². The van der Waals surface area contributed by atoms with E-state index in [4.69, 9.17) is 10.5 Å². The summed E-state index contributed by atoms with van der Waals surface area (Å²) in [4.78, 5) is 8.12. The first-order valence-corrected chi connectivity index (χ1v) is 6.17. The fourth-order valence-corrected chi connectivity index (χ4v) is 2.41. The number of nitrogens with zero attached hydrogens (tertiary/aromatic N) is 2. The third kappa shape index (κ3) is 2.29. The number of ether oxygens (including phenoxy) is 1. The molecule has 1 saturated heterocycles. The van der Waals surface area contributed by atoms with Gasteiger partial charge in [-0.25, -0.2) is 9.97 Å². The van der Waals surface area contributed by atoms with Crippen LogP contribution in [0.5, 0.6) is 0 Å². The standard InChI is InChI=1S/C13H12F3N3O/c14-13(15,16)8-1-2-10-9(5-8)11(19-12(17)18-10)7-3-4-20-6-7/h1-2,5,7H,3-4,6H2,(H2,17,18,19). The molecule has 1 aromatic carbocycles. The van der Waals surface area contributed by atoms with Crippen molar-refractivity contribution < 1.29 is 17.9 Å². The number of hydrogen-bond donors (Lipinski definition) is 1. The Balaban J connectivity index is 2.20. The lowest BCUT2D eigenvalue weighted by molar-refractivity contribution is -0.137. The van der Waals surface area contributed by atoms with Gasteiger partial charge in [0.25, 0.3) is 0 Å². The van der Waals surface area contributed by atoms with Gasteiger partial charge in [-0.05, 0) is 24.6 Å². The van der Waals surface area contributed by atoms with E-state index in [0.29, 0.717) is 29.8 Å². The van der Waals surface area contributed by atoms with Crippen molar-refractivity contribution in [3.8, 4) is 0 Å². The van der Waals surface area contributed by atoms with Crippen molar-refractivity contribution in [2.45, 2.75) is 18.5 Å². The van der Waals surface area contributed by atoms with E-state index in [-0.39, 0.29) is 11.9 Å². The van der Waals surface area contributed by atoms with Gasteiger partial charge in [-0.2, -0.15) is 13.2 Å². The van der Waals surface area contributed by atoms with Gasteiger partial charge in [0.05, 0.1) is 23.4 Å². The largest absolute Gasteiger partial charge is 0.416 e. The second-order valence-corrected chi connectivity index (χ2v) is 4.76. The lowest BCUT2D eigenvalue weighted by atomic mass is 9.99. The molecule has 0 bridgehead atoms. The number of nitrogen functional groups attached to an aromatic ring is 1. The van der Waals surface area contributed by atoms with Crippen molar-refractivity contribution in [1.82, 2.24) is 9.97 Å². The lowest BCUT2D eigenvalue weighted by Crippen LogP contribution is -2.09. The van der Waals surface area contributed by atoms with Gasteiger partial charge in [0.15, 0.2) is 0 Å². The van der Waals surface area contributed by atoms with Gasteiger partial charge in [0.1, 0.15) is 0 Å². The van der Waals surface area contributed by atoms with Crippen LogP contribution in [0.3, 0.4) is 0 Å². The van der Waals surface area contributed by atoms with Crippen molar-refractivity contribution in [3.63, 3.8) is 0 Å². The Hall–Kier alpha value is -1.89. The van der Waals surface area contributed by atoms with E-state index in [1.807, 2.05) is 0 Å². The van der Waals surface area contributed by atoms with Crippen LogP contribution in [0, 0.1) is 0 Å². The minimum atomic E-state index is -4.39. The molecule has 4 nitrogen and oxygen atoms in total. The molecule has 2 N–H and O–H groups in total. The Bertz CT molecular complexity index is 651. The molecular formula is C13H12F3N3O. The molecule has 0 amide bonds. The smallest absolute Gasteiger partial charge is 0.381 e. The summed E-state index contributed by atoms with van der Waals surface area (Å²) in [7, 11) is 0. The van der Waals surface area contributed by atoms with E-state index < -0.39 is 11.7 Å². The van der Waals surface area contributed by atoms with Crippen molar-refractivity contribution in [3.05, 3.63) is 29.5 Å². The maximum absolute atomic E-state index is 12.8. The SMILES string of the molecule is Nc1nc(C2CCOC2)c2cc(C(F)(F)F)ccc2n1. The van der Waals surface area contributed by atoms with E-state index in [1.165, 1.54) is 6.07 Å². The molecule has 2 aromatic rings. The number of aromatic nitrogens is 2. The highest BCUT2D eigenvalue weighted by Gasteiger charge is 2.31. The fourth-order valence-electron chi connectivity index (χ4n) is 2.41. The zero-order chi connectivity index (χ0) is 14.3. The van der Waals surface area contributed by atoms with Crippen molar-refractivity contribution in [2.24, 2.45) is 0 Å². The number of nitrogens with two attached hydrogens (primary N) is 1. The molecule has 1 fully saturated rings. The van der Waals surface area contributed by atoms with Crippen molar-refractivity contribution in [2.75, 3.05) is 18.9 Å². The molecule has 7 heteroatoms. The van der Waals surface area contributed by atoms with Gasteiger partial charge in [-0.1, -0.05) is 0 Å². The topological polar surface area (TPSA) is 61.0 Å². The molecule has 2 heterocycles. The van der Waals surface area contributed by atoms with Gasteiger partial charge in [-0.15, -0.1) is 0 Å². The summed E-state index contributed by atoms with van der Waals surface area (Å²) in [5.74, 6) is 0.0328. The Morgan fingerprint density at radius 2 is 2.05 bits per heavy atom. The van der Waals surface area contributed by atoms with Crippen molar-refractivity contribution in [1.29, 1.82) is 0 Å². The normalized spacial score (nSPS) is 19.6. The molecule has 1 unspecified atom stereocenters. The van der Waals surface area contributed by atoms with E-state index in [9.17, 15) is 13.2 Å². The monoisotopic (exact) mass is 283 g/mol. The average molecular weight is 283 g/mol. The number of rotatable bonds is 1. The first kappa shape index (κ1) is 13.1. The maximum Gasteiger partial charge on any atom is 0.416 e. The van der Waals surface area contributed by atoms with Crippen LogP contribution in [0.15, 0.2) is 18.2 Å². The van der Waals surface area contributed by atoms with Gasteiger partial charge in [0, 0.05) is 17.9 Å². The zero-order valence-electron chi connectivity index (χ0n) is 10.4. The Morgan fingerprint density at radius 3 is 2.70 bits per heavy atom. The minimum Gasteiger partial charge on any atom is -0.381 e. The molecule has 1 aromatic heterocycles. The van der Waals surface area contributed by atoms with Crippen LogP contribution in [0.4, 0.5) is 19.1 Å². The molecule has 0 spiro atoms. The second-order valence-electron chi connectivity index (χ2n) is 4.76. The number of fused-ring (bicyclic) bond motifs is 1. The number of hydrogen-bond acceptors (Lipinski definition) is 4. The fraction of sp³-hybridized carbons (Fsp3) is 0.385. The van der Waals surface area contributed by atoms with E-state index in [1.54, 1.807) is 0 Å². The highest BCUT2D eigenvalue weighted by atomic mass is 19.4. The first-order chi connectivity index (χ1) is 9.45. The van der Waals surface area contributed by atoms with E-state index in [2.05, 4.69) is 9.97 Å². The summed E-state index contributed by atoms with van der Waals surface area (Å²) in [5, 5.41) is 0.393. The summed E-state index contributed by atoms with van der Waals surface area (Å²) in [5.41, 5.74) is 5.88. The molecule has 20 heavy (non-hydrogen) atoms. The first-order valence-electron chi connectivity index (χ1n) is 6.17. The van der Waals surface area contributed by atoms with Crippen LogP contribution < -0.4 is 5.73 Å². The highest BCUT2D eigenvalue weighted by Crippen LogP contribution is 2.35. The molecule has 0 radical (unpaired) electrons. The van der Waals surface area contributed by atoms with Crippen LogP contribution in [0.1, 0.15) is 23.6 Å². The van der Waals surface area contributed by atoms with E-state index in [0.717, 1.165) is 18.6 Å². The molecule has 1 aliphatic heterocycles. The molecular weight excluding hydrogens is 271 g/mol. The maximum atomic E-state index is 12.8. The van der Waals surface area contributed by atoms with Crippen LogP contribution in [-0.4, -0.2) is 23.2 Å². The average Bonchev–Trinajstić information content (AvgIpc) is 2.89. The summed E-state index contributed by atoms with van der Waals surface area (Å²) >= 11 is 0. The van der Waals surface area contributed by atoms with Crippen LogP contribution in [0.25, 0.3) is 10.9 Å². The predicted octanol–water partition coefficient (Wildman–Crippen LogP) is 2.73. The van der Waals surface area contributed by atoms with Gasteiger partial charge in [0.2, 0.25) is 5.95 Å². The van der Waals surface area contributed by atoms with Crippen LogP contribution in [0.2, 0.25) is 0 Å². The second kappa shape index (κ2) is 4.59. The van der Waals surface area contributed by atoms with Crippen LogP contribution >= 0.6 is 0 Å². The van der Waals surface area contributed by atoms with Crippen molar-refractivity contribution >= 4 is 16.9 Å². The minimum absolute atomic E-state index is 0.0358. The number of halogens is 3. The molecule has 3 rings (SSSR count).